The normalized spacial score (nSPS) is 16.4. The van der Waals surface area contributed by atoms with Gasteiger partial charge in [-0.05, 0) is 18.9 Å². The number of amides is 1. The smallest absolute Gasteiger partial charge is 0.227 e. The zero-order valence-electron chi connectivity index (χ0n) is 6.04. The van der Waals surface area contributed by atoms with Crippen LogP contribution in [0.5, 0.6) is 0 Å². The second-order valence-corrected chi connectivity index (χ2v) is 2.78. The van der Waals surface area contributed by atoms with E-state index in [9.17, 15) is 4.79 Å². The minimum Gasteiger partial charge on any atom is -0.470 e. The van der Waals surface area contributed by atoms with E-state index in [1.165, 1.54) is 6.26 Å². The molecule has 58 valence electrons. The monoisotopic (exact) mass is 151 g/mol. The van der Waals surface area contributed by atoms with Crippen LogP contribution < -0.4 is 5.32 Å². The minimum absolute atomic E-state index is 0.117. The molecule has 1 aliphatic carbocycles. The van der Waals surface area contributed by atoms with Crippen molar-refractivity contribution in [1.82, 2.24) is 0 Å². The van der Waals surface area contributed by atoms with E-state index in [1.807, 2.05) is 0 Å². The number of furan rings is 1. The number of rotatable bonds is 2. The van der Waals surface area contributed by atoms with Crippen LogP contribution in [0.1, 0.15) is 12.8 Å². The average Bonchev–Trinajstić information content (AvgIpc) is 2.73. The van der Waals surface area contributed by atoms with Gasteiger partial charge in [0.05, 0.1) is 12.0 Å². The second-order valence-electron chi connectivity index (χ2n) is 2.78. The number of nitrogens with one attached hydrogen (secondary N) is 1. The molecule has 1 aromatic heterocycles. The zero-order valence-corrected chi connectivity index (χ0v) is 6.04. The third-order valence-electron chi connectivity index (χ3n) is 1.74. The van der Waals surface area contributed by atoms with Crippen molar-refractivity contribution in [3.63, 3.8) is 0 Å². The summed E-state index contributed by atoms with van der Waals surface area (Å²) in [6.45, 7) is 0. The Kier molecular flexibility index (Phi) is 1.42. The Morgan fingerprint density at radius 2 is 2.45 bits per heavy atom. The largest absolute Gasteiger partial charge is 0.470 e. The van der Waals surface area contributed by atoms with Crippen LogP contribution in [0.2, 0.25) is 0 Å². The highest BCUT2D eigenvalue weighted by molar-refractivity contribution is 5.93. The van der Waals surface area contributed by atoms with Crippen LogP contribution in [0, 0.1) is 5.92 Å². The highest BCUT2D eigenvalue weighted by atomic mass is 16.3. The molecule has 0 spiro atoms. The summed E-state index contributed by atoms with van der Waals surface area (Å²) in [5.41, 5.74) is 0.752. The molecule has 0 bridgehead atoms. The van der Waals surface area contributed by atoms with Crippen molar-refractivity contribution in [1.29, 1.82) is 0 Å². The van der Waals surface area contributed by atoms with Crippen molar-refractivity contribution in [2.75, 3.05) is 5.32 Å². The Balaban J connectivity index is 1.94. The van der Waals surface area contributed by atoms with Gasteiger partial charge in [-0.15, -0.1) is 0 Å². The molecule has 2 rings (SSSR count). The third kappa shape index (κ3) is 1.42. The summed E-state index contributed by atoms with van der Waals surface area (Å²) in [6.07, 6.45) is 5.14. The predicted molar refractivity (Wildman–Crippen MR) is 40.1 cm³/mol. The molecule has 0 saturated heterocycles. The van der Waals surface area contributed by atoms with Crippen LogP contribution >= 0.6 is 0 Å². The molecular weight excluding hydrogens is 142 g/mol. The first-order valence-corrected chi connectivity index (χ1v) is 3.69. The van der Waals surface area contributed by atoms with E-state index < -0.39 is 0 Å². The predicted octanol–water partition coefficient (Wildman–Crippen LogP) is 1.63. The summed E-state index contributed by atoms with van der Waals surface area (Å²) in [5, 5.41) is 2.75. The SMILES string of the molecule is O=C(Nc1ccoc1)C1CC1. The molecule has 1 aromatic rings. The standard InChI is InChI=1S/C8H9NO2/c10-8(6-1-2-6)9-7-3-4-11-5-7/h3-6H,1-2H2,(H,9,10). The highest BCUT2D eigenvalue weighted by Gasteiger charge is 2.29. The molecule has 0 unspecified atom stereocenters. The lowest BCUT2D eigenvalue weighted by Gasteiger charge is -1.97. The van der Waals surface area contributed by atoms with Crippen molar-refractivity contribution in [2.45, 2.75) is 12.8 Å². The fourth-order valence-electron chi connectivity index (χ4n) is 0.925. The summed E-state index contributed by atoms with van der Waals surface area (Å²) in [4.78, 5) is 11.1. The van der Waals surface area contributed by atoms with Crippen molar-refractivity contribution < 1.29 is 9.21 Å². The van der Waals surface area contributed by atoms with Gasteiger partial charge in [0.1, 0.15) is 6.26 Å². The maximum absolute atomic E-state index is 11.1. The second kappa shape index (κ2) is 2.42. The number of carbonyl (C=O) groups is 1. The van der Waals surface area contributed by atoms with Gasteiger partial charge in [0.25, 0.3) is 0 Å². The summed E-state index contributed by atoms with van der Waals surface area (Å²) >= 11 is 0. The van der Waals surface area contributed by atoms with E-state index in [-0.39, 0.29) is 11.8 Å². The van der Waals surface area contributed by atoms with E-state index in [0.29, 0.717) is 0 Å². The summed E-state index contributed by atoms with van der Waals surface area (Å²) in [5.74, 6) is 0.372. The van der Waals surface area contributed by atoms with Gasteiger partial charge in [-0.1, -0.05) is 0 Å². The molecule has 1 aliphatic rings. The van der Waals surface area contributed by atoms with E-state index >= 15 is 0 Å². The van der Waals surface area contributed by atoms with Crippen LogP contribution in [0.4, 0.5) is 5.69 Å². The fraction of sp³-hybridized carbons (Fsp3) is 0.375. The number of carbonyl (C=O) groups excluding carboxylic acids is 1. The highest BCUT2D eigenvalue weighted by Crippen LogP contribution is 2.30. The first kappa shape index (κ1) is 6.46. The number of anilines is 1. The molecule has 1 amide bonds. The molecule has 11 heavy (non-hydrogen) atoms. The fourth-order valence-corrected chi connectivity index (χ4v) is 0.925. The molecule has 1 saturated carbocycles. The summed E-state index contributed by atoms with van der Waals surface area (Å²) in [6, 6.07) is 1.74. The Bertz CT molecular complexity index is 249. The summed E-state index contributed by atoms with van der Waals surface area (Å²) in [7, 11) is 0. The molecule has 3 heteroatoms. The Hall–Kier alpha value is -1.25. The van der Waals surface area contributed by atoms with Gasteiger partial charge < -0.3 is 9.73 Å². The maximum Gasteiger partial charge on any atom is 0.227 e. The summed E-state index contributed by atoms with van der Waals surface area (Å²) < 4.78 is 4.80. The van der Waals surface area contributed by atoms with Crippen LogP contribution in [0.15, 0.2) is 23.0 Å². The van der Waals surface area contributed by atoms with Crippen LogP contribution in [-0.4, -0.2) is 5.91 Å². The third-order valence-corrected chi connectivity index (χ3v) is 1.74. The van der Waals surface area contributed by atoms with Crippen LogP contribution in [0.25, 0.3) is 0 Å². The van der Waals surface area contributed by atoms with Crippen molar-refractivity contribution in [2.24, 2.45) is 5.92 Å². The Morgan fingerprint density at radius 1 is 1.64 bits per heavy atom. The molecule has 1 fully saturated rings. The molecule has 0 aliphatic heterocycles. The van der Waals surface area contributed by atoms with Crippen molar-refractivity contribution in [3.05, 3.63) is 18.6 Å². The van der Waals surface area contributed by atoms with Crippen molar-refractivity contribution >= 4 is 11.6 Å². The topological polar surface area (TPSA) is 42.2 Å². The average molecular weight is 151 g/mol. The van der Waals surface area contributed by atoms with Gasteiger partial charge >= 0.3 is 0 Å². The van der Waals surface area contributed by atoms with Gasteiger partial charge in [-0.25, -0.2) is 0 Å². The lowest BCUT2D eigenvalue weighted by atomic mass is 10.4. The van der Waals surface area contributed by atoms with E-state index in [1.54, 1.807) is 12.3 Å². The van der Waals surface area contributed by atoms with Crippen LogP contribution in [0.3, 0.4) is 0 Å². The van der Waals surface area contributed by atoms with Crippen LogP contribution in [-0.2, 0) is 4.79 Å². The maximum atomic E-state index is 11.1. The van der Waals surface area contributed by atoms with Gasteiger partial charge in [-0.2, -0.15) is 0 Å². The van der Waals surface area contributed by atoms with Gasteiger partial charge in [0, 0.05) is 5.92 Å². The van der Waals surface area contributed by atoms with E-state index in [0.717, 1.165) is 18.5 Å². The molecule has 1 heterocycles. The molecular formula is C8H9NO2. The first-order valence-electron chi connectivity index (χ1n) is 3.69. The van der Waals surface area contributed by atoms with Gasteiger partial charge in [0.15, 0.2) is 0 Å². The number of hydrogen-bond donors (Lipinski definition) is 1. The molecule has 0 aromatic carbocycles. The molecule has 1 N–H and O–H groups in total. The first-order chi connectivity index (χ1) is 5.36. The molecule has 3 nitrogen and oxygen atoms in total. The van der Waals surface area contributed by atoms with E-state index in [4.69, 9.17) is 4.42 Å². The Labute approximate surface area is 64.4 Å². The Morgan fingerprint density at radius 3 is 3.00 bits per heavy atom. The molecule has 0 atom stereocenters. The lowest BCUT2D eigenvalue weighted by molar-refractivity contribution is -0.117. The molecule has 0 radical (unpaired) electrons. The lowest BCUT2D eigenvalue weighted by Crippen LogP contribution is -2.12. The number of hydrogen-bond acceptors (Lipinski definition) is 2. The zero-order chi connectivity index (χ0) is 7.68. The van der Waals surface area contributed by atoms with Gasteiger partial charge in [-0.3, -0.25) is 4.79 Å². The van der Waals surface area contributed by atoms with Crippen molar-refractivity contribution in [3.8, 4) is 0 Å². The van der Waals surface area contributed by atoms with Gasteiger partial charge in [0.2, 0.25) is 5.91 Å². The quantitative estimate of drug-likeness (QED) is 0.698. The van der Waals surface area contributed by atoms with E-state index in [2.05, 4.69) is 5.32 Å². The minimum atomic E-state index is 0.117.